The van der Waals surface area contributed by atoms with Crippen molar-refractivity contribution < 1.29 is 14.6 Å². The number of carbonyl (C=O) groups is 1. The SMILES string of the molecule is COc1ccc(C(C(=O)O)C2CC2)cc1Br. The molecule has 4 heteroatoms. The number of benzene rings is 1. The lowest BCUT2D eigenvalue weighted by Gasteiger charge is -2.13. The fourth-order valence-electron chi connectivity index (χ4n) is 1.92. The molecule has 0 amide bonds. The minimum atomic E-state index is -0.737. The molecule has 16 heavy (non-hydrogen) atoms. The molecule has 1 atom stereocenters. The van der Waals surface area contributed by atoms with Crippen molar-refractivity contribution in [3.05, 3.63) is 28.2 Å². The number of carboxylic acids is 1. The molecule has 1 saturated carbocycles. The monoisotopic (exact) mass is 284 g/mol. The first-order valence-corrected chi connectivity index (χ1v) is 5.99. The zero-order valence-corrected chi connectivity index (χ0v) is 10.5. The fraction of sp³-hybridized carbons (Fsp3) is 0.417. The van der Waals surface area contributed by atoms with Gasteiger partial charge >= 0.3 is 5.97 Å². The third-order valence-corrected chi connectivity index (χ3v) is 3.51. The minimum absolute atomic E-state index is 0.304. The van der Waals surface area contributed by atoms with E-state index in [-0.39, 0.29) is 5.92 Å². The number of rotatable bonds is 4. The van der Waals surface area contributed by atoms with E-state index < -0.39 is 5.97 Å². The van der Waals surface area contributed by atoms with Gasteiger partial charge in [0.05, 0.1) is 17.5 Å². The second kappa shape index (κ2) is 4.45. The van der Waals surface area contributed by atoms with E-state index in [1.165, 1.54) is 0 Å². The van der Waals surface area contributed by atoms with Gasteiger partial charge < -0.3 is 9.84 Å². The van der Waals surface area contributed by atoms with Gasteiger partial charge in [-0.2, -0.15) is 0 Å². The lowest BCUT2D eigenvalue weighted by molar-refractivity contribution is -0.139. The molecule has 1 aromatic carbocycles. The second-order valence-corrected chi connectivity index (χ2v) is 4.90. The molecule has 1 fully saturated rings. The Balaban J connectivity index is 2.31. The molecule has 1 unspecified atom stereocenters. The van der Waals surface area contributed by atoms with Gasteiger partial charge in [0, 0.05) is 0 Å². The van der Waals surface area contributed by atoms with Crippen LogP contribution in [-0.2, 0) is 4.79 Å². The summed E-state index contributed by atoms with van der Waals surface area (Å²) >= 11 is 3.38. The average molecular weight is 285 g/mol. The van der Waals surface area contributed by atoms with Gasteiger partial charge in [-0.15, -0.1) is 0 Å². The zero-order valence-electron chi connectivity index (χ0n) is 8.94. The van der Waals surface area contributed by atoms with Crippen molar-refractivity contribution in [1.82, 2.24) is 0 Å². The van der Waals surface area contributed by atoms with E-state index in [4.69, 9.17) is 4.74 Å². The normalized spacial score (nSPS) is 16.9. The first-order chi connectivity index (χ1) is 7.63. The molecule has 0 aromatic heterocycles. The molecule has 1 aliphatic carbocycles. The molecule has 3 nitrogen and oxygen atoms in total. The molecule has 0 radical (unpaired) electrons. The van der Waals surface area contributed by atoms with E-state index in [0.29, 0.717) is 5.92 Å². The Morgan fingerprint density at radius 1 is 1.56 bits per heavy atom. The van der Waals surface area contributed by atoms with Crippen molar-refractivity contribution in [3.63, 3.8) is 0 Å². The summed E-state index contributed by atoms with van der Waals surface area (Å²) in [6.07, 6.45) is 2.03. The van der Waals surface area contributed by atoms with Gasteiger partial charge in [0.2, 0.25) is 0 Å². The number of carboxylic acid groups (broad SMARTS) is 1. The Hall–Kier alpha value is -1.03. The topological polar surface area (TPSA) is 46.5 Å². The molecular weight excluding hydrogens is 272 g/mol. The molecular formula is C12H13BrO3. The molecule has 1 aromatic rings. The quantitative estimate of drug-likeness (QED) is 0.925. The highest BCUT2D eigenvalue weighted by Gasteiger charge is 2.37. The van der Waals surface area contributed by atoms with Crippen molar-refractivity contribution >= 4 is 21.9 Å². The Labute approximate surface area is 103 Å². The third kappa shape index (κ3) is 2.21. The Bertz CT molecular complexity index is 413. The summed E-state index contributed by atoms with van der Waals surface area (Å²) in [6, 6.07) is 5.48. The van der Waals surface area contributed by atoms with Crippen LogP contribution in [0.25, 0.3) is 0 Å². The standard InChI is InChI=1S/C12H13BrO3/c1-16-10-5-4-8(6-9(10)13)11(12(14)15)7-2-3-7/h4-7,11H,2-3H2,1H3,(H,14,15). The van der Waals surface area contributed by atoms with Crippen LogP contribution in [0.2, 0.25) is 0 Å². The maximum Gasteiger partial charge on any atom is 0.311 e. The molecule has 0 bridgehead atoms. The van der Waals surface area contributed by atoms with Gasteiger partial charge in [-0.3, -0.25) is 4.79 Å². The zero-order chi connectivity index (χ0) is 11.7. The minimum Gasteiger partial charge on any atom is -0.496 e. The summed E-state index contributed by atoms with van der Waals surface area (Å²) in [5.74, 6) is -0.0803. The highest BCUT2D eigenvalue weighted by atomic mass is 79.9. The van der Waals surface area contributed by atoms with Crippen LogP contribution in [0, 0.1) is 5.92 Å². The summed E-state index contributed by atoms with van der Waals surface area (Å²) in [4.78, 5) is 11.2. The molecule has 1 N–H and O–H groups in total. The molecule has 0 saturated heterocycles. The molecule has 2 rings (SSSR count). The van der Waals surface area contributed by atoms with E-state index in [1.807, 2.05) is 12.1 Å². The predicted octanol–water partition coefficient (Wildman–Crippen LogP) is 3.04. The van der Waals surface area contributed by atoms with Gasteiger partial charge in [0.1, 0.15) is 5.75 Å². The largest absolute Gasteiger partial charge is 0.496 e. The number of methoxy groups -OCH3 is 1. The molecule has 86 valence electrons. The van der Waals surface area contributed by atoms with Crippen molar-refractivity contribution in [2.45, 2.75) is 18.8 Å². The van der Waals surface area contributed by atoms with Crippen LogP contribution < -0.4 is 4.74 Å². The van der Waals surface area contributed by atoms with Gasteiger partial charge in [-0.25, -0.2) is 0 Å². The van der Waals surface area contributed by atoms with Crippen LogP contribution in [0.5, 0.6) is 5.75 Å². The van der Waals surface area contributed by atoms with Crippen LogP contribution in [0.1, 0.15) is 24.3 Å². The molecule has 0 heterocycles. The highest BCUT2D eigenvalue weighted by molar-refractivity contribution is 9.10. The van der Waals surface area contributed by atoms with E-state index in [0.717, 1.165) is 28.6 Å². The lowest BCUT2D eigenvalue weighted by atomic mass is 9.94. The van der Waals surface area contributed by atoms with E-state index >= 15 is 0 Å². The summed E-state index contributed by atoms with van der Waals surface area (Å²) in [7, 11) is 1.59. The highest BCUT2D eigenvalue weighted by Crippen LogP contribution is 2.43. The number of hydrogen-bond donors (Lipinski definition) is 1. The lowest BCUT2D eigenvalue weighted by Crippen LogP contribution is -2.13. The smallest absolute Gasteiger partial charge is 0.311 e. The van der Waals surface area contributed by atoms with Crippen LogP contribution >= 0.6 is 15.9 Å². The Morgan fingerprint density at radius 2 is 2.25 bits per heavy atom. The number of aliphatic carboxylic acids is 1. The molecule has 0 aliphatic heterocycles. The van der Waals surface area contributed by atoms with E-state index in [9.17, 15) is 9.90 Å². The van der Waals surface area contributed by atoms with Crippen molar-refractivity contribution in [2.24, 2.45) is 5.92 Å². The summed E-state index contributed by atoms with van der Waals surface area (Å²) in [5.41, 5.74) is 0.850. The summed E-state index contributed by atoms with van der Waals surface area (Å²) in [6.45, 7) is 0. The number of ether oxygens (including phenoxy) is 1. The summed E-state index contributed by atoms with van der Waals surface area (Å²) < 4.78 is 5.93. The van der Waals surface area contributed by atoms with Crippen molar-refractivity contribution in [1.29, 1.82) is 0 Å². The Kier molecular flexibility index (Phi) is 3.19. The van der Waals surface area contributed by atoms with Crippen LogP contribution in [0.15, 0.2) is 22.7 Å². The number of hydrogen-bond acceptors (Lipinski definition) is 2. The fourth-order valence-corrected chi connectivity index (χ4v) is 2.48. The maximum absolute atomic E-state index is 11.2. The Morgan fingerprint density at radius 3 is 2.69 bits per heavy atom. The summed E-state index contributed by atoms with van der Waals surface area (Å²) in [5, 5.41) is 9.21. The van der Waals surface area contributed by atoms with Crippen molar-refractivity contribution in [2.75, 3.05) is 7.11 Å². The van der Waals surface area contributed by atoms with Gasteiger partial charge in [0.15, 0.2) is 0 Å². The van der Waals surface area contributed by atoms with E-state index in [1.54, 1.807) is 13.2 Å². The predicted molar refractivity (Wildman–Crippen MR) is 63.8 cm³/mol. The van der Waals surface area contributed by atoms with E-state index in [2.05, 4.69) is 15.9 Å². The molecule has 0 spiro atoms. The van der Waals surface area contributed by atoms with Crippen LogP contribution in [0.4, 0.5) is 0 Å². The maximum atomic E-state index is 11.2. The van der Waals surface area contributed by atoms with Crippen LogP contribution in [0.3, 0.4) is 0 Å². The van der Waals surface area contributed by atoms with Crippen LogP contribution in [-0.4, -0.2) is 18.2 Å². The number of halogens is 1. The van der Waals surface area contributed by atoms with Gasteiger partial charge in [-0.1, -0.05) is 6.07 Å². The van der Waals surface area contributed by atoms with Gasteiger partial charge in [-0.05, 0) is 52.4 Å². The third-order valence-electron chi connectivity index (χ3n) is 2.89. The van der Waals surface area contributed by atoms with Crippen molar-refractivity contribution in [3.8, 4) is 5.75 Å². The molecule has 1 aliphatic rings. The average Bonchev–Trinajstić information content (AvgIpc) is 3.02. The first-order valence-electron chi connectivity index (χ1n) is 5.19. The second-order valence-electron chi connectivity index (χ2n) is 4.05. The van der Waals surface area contributed by atoms with Gasteiger partial charge in [0.25, 0.3) is 0 Å². The first kappa shape index (κ1) is 11.5.